The van der Waals surface area contributed by atoms with Crippen LogP contribution in [0.5, 0.6) is 0 Å². The zero-order valence-corrected chi connectivity index (χ0v) is 13.7. The fourth-order valence-electron chi connectivity index (χ4n) is 2.30. The molecule has 0 bridgehead atoms. The zero-order chi connectivity index (χ0) is 16.8. The van der Waals surface area contributed by atoms with Crippen molar-refractivity contribution < 1.29 is 9.59 Å². The van der Waals surface area contributed by atoms with E-state index >= 15 is 0 Å². The lowest BCUT2D eigenvalue weighted by Crippen LogP contribution is -2.30. The summed E-state index contributed by atoms with van der Waals surface area (Å²) in [6.45, 7) is 6.75. The SMILES string of the molecule is CCN(CC)C(=O)c1cncc(Nc2cccc(C(C)=O)c2)c1. The molecule has 0 aliphatic rings. The molecule has 1 aromatic carbocycles. The van der Waals surface area contributed by atoms with Gasteiger partial charge in [0.1, 0.15) is 0 Å². The second kappa shape index (κ2) is 7.54. The summed E-state index contributed by atoms with van der Waals surface area (Å²) in [7, 11) is 0. The summed E-state index contributed by atoms with van der Waals surface area (Å²) in [5.74, 6) is -0.0270. The number of Topliss-reactive ketones (excluding diaryl/α,β-unsaturated/α-hetero) is 1. The van der Waals surface area contributed by atoms with Crippen molar-refractivity contribution in [1.29, 1.82) is 0 Å². The Labute approximate surface area is 136 Å². The maximum atomic E-state index is 12.4. The lowest BCUT2D eigenvalue weighted by Gasteiger charge is -2.18. The quantitative estimate of drug-likeness (QED) is 0.829. The van der Waals surface area contributed by atoms with Crippen LogP contribution in [0.4, 0.5) is 11.4 Å². The summed E-state index contributed by atoms with van der Waals surface area (Å²) >= 11 is 0. The molecule has 0 saturated heterocycles. The van der Waals surface area contributed by atoms with Gasteiger partial charge in [-0.3, -0.25) is 14.6 Å². The van der Waals surface area contributed by atoms with E-state index in [0.29, 0.717) is 29.9 Å². The lowest BCUT2D eigenvalue weighted by molar-refractivity contribution is 0.0772. The highest BCUT2D eigenvalue weighted by molar-refractivity contribution is 5.96. The van der Waals surface area contributed by atoms with Gasteiger partial charge in [0.2, 0.25) is 0 Å². The van der Waals surface area contributed by atoms with Gasteiger partial charge in [0, 0.05) is 30.5 Å². The van der Waals surface area contributed by atoms with Gasteiger partial charge in [-0.2, -0.15) is 0 Å². The molecule has 120 valence electrons. The number of nitrogens with zero attached hydrogens (tertiary/aromatic N) is 2. The summed E-state index contributed by atoms with van der Waals surface area (Å²) in [6.07, 6.45) is 3.22. The third-order valence-corrected chi connectivity index (χ3v) is 3.59. The van der Waals surface area contributed by atoms with Crippen LogP contribution in [0.1, 0.15) is 41.5 Å². The number of nitrogens with one attached hydrogen (secondary N) is 1. The molecular formula is C18H21N3O2. The Morgan fingerprint density at radius 2 is 1.74 bits per heavy atom. The molecule has 2 rings (SSSR count). The number of benzene rings is 1. The number of amides is 1. The van der Waals surface area contributed by atoms with Crippen molar-refractivity contribution in [2.45, 2.75) is 20.8 Å². The molecule has 0 fully saturated rings. The van der Waals surface area contributed by atoms with Gasteiger partial charge >= 0.3 is 0 Å². The number of ketones is 1. The minimum absolute atomic E-state index is 0.0113. The van der Waals surface area contributed by atoms with Crippen molar-refractivity contribution in [1.82, 2.24) is 9.88 Å². The standard InChI is InChI=1S/C18H21N3O2/c1-4-21(5-2)18(23)15-10-17(12-19-11-15)20-16-8-6-7-14(9-16)13(3)22/h6-12,20H,4-5H2,1-3H3. The van der Waals surface area contributed by atoms with Crippen LogP contribution in [-0.4, -0.2) is 34.7 Å². The van der Waals surface area contributed by atoms with Gasteiger partial charge in [0.05, 0.1) is 17.4 Å². The first kappa shape index (κ1) is 16.7. The highest BCUT2D eigenvalue weighted by atomic mass is 16.2. The molecule has 1 amide bonds. The molecule has 23 heavy (non-hydrogen) atoms. The van der Waals surface area contributed by atoms with Gasteiger partial charge in [-0.1, -0.05) is 12.1 Å². The molecule has 0 unspecified atom stereocenters. The summed E-state index contributed by atoms with van der Waals surface area (Å²) in [4.78, 5) is 29.7. The molecule has 1 aromatic heterocycles. The van der Waals surface area contributed by atoms with Crippen molar-refractivity contribution in [2.75, 3.05) is 18.4 Å². The van der Waals surface area contributed by atoms with E-state index in [9.17, 15) is 9.59 Å². The zero-order valence-electron chi connectivity index (χ0n) is 13.7. The van der Waals surface area contributed by atoms with Crippen molar-refractivity contribution in [3.05, 3.63) is 53.9 Å². The molecule has 0 spiro atoms. The Balaban J connectivity index is 2.22. The van der Waals surface area contributed by atoms with Crippen LogP contribution in [0.2, 0.25) is 0 Å². The number of carbonyl (C=O) groups excluding carboxylic acids is 2. The van der Waals surface area contributed by atoms with Crippen LogP contribution in [0.3, 0.4) is 0 Å². The number of rotatable bonds is 6. The Bertz CT molecular complexity index is 709. The van der Waals surface area contributed by atoms with Crippen LogP contribution in [-0.2, 0) is 0 Å². The fraction of sp³-hybridized carbons (Fsp3) is 0.278. The van der Waals surface area contributed by atoms with Gasteiger partial charge in [-0.15, -0.1) is 0 Å². The minimum atomic E-state index is -0.0383. The van der Waals surface area contributed by atoms with Gasteiger partial charge in [-0.05, 0) is 39.0 Å². The average Bonchev–Trinajstić information content (AvgIpc) is 2.56. The van der Waals surface area contributed by atoms with E-state index in [1.807, 2.05) is 26.0 Å². The van der Waals surface area contributed by atoms with E-state index in [1.54, 1.807) is 35.5 Å². The molecule has 1 heterocycles. The van der Waals surface area contributed by atoms with Crippen LogP contribution >= 0.6 is 0 Å². The second-order valence-electron chi connectivity index (χ2n) is 5.20. The summed E-state index contributed by atoms with van der Waals surface area (Å²) in [6, 6.07) is 9.00. The van der Waals surface area contributed by atoms with E-state index in [2.05, 4.69) is 10.3 Å². The van der Waals surface area contributed by atoms with E-state index < -0.39 is 0 Å². The van der Waals surface area contributed by atoms with Crippen LogP contribution in [0, 0.1) is 0 Å². The van der Waals surface area contributed by atoms with Gasteiger partial charge < -0.3 is 10.2 Å². The number of aromatic nitrogens is 1. The fourth-order valence-corrected chi connectivity index (χ4v) is 2.30. The molecule has 2 aromatic rings. The molecule has 1 N–H and O–H groups in total. The Kier molecular flexibility index (Phi) is 5.46. The van der Waals surface area contributed by atoms with Gasteiger partial charge in [0.25, 0.3) is 5.91 Å². The molecule has 0 saturated carbocycles. The molecule has 0 aliphatic heterocycles. The number of hydrogen-bond acceptors (Lipinski definition) is 4. The molecule has 5 heteroatoms. The topological polar surface area (TPSA) is 62.3 Å². The number of hydrogen-bond donors (Lipinski definition) is 1. The smallest absolute Gasteiger partial charge is 0.255 e. The maximum absolute atomic E-state index is 12.4. The second-order valence-corrected chi connectivity index (χ2v) is 5.20. The van der Waals surface area contributed by atoms with Gasteiger partial charge in [-0.25, -0.2) is 0 Å². The number of pyridine rings is 1. The summed E-state index contributed by atoms with van der Waals surface area (Å²) in [5.41, 5.74) is 2.68. The van der Waals surface area contributed by atoms with Crippen molar-refractivity contribution >= 4 is 23.1 Å². The first-order valence-electron chi connectivity index (χ1n) is 7.67. The van der Waals surface area contributed by atoms with Crippen LogP contribution in [0.15, 0.2) is 42.7 Å². The third-order valence-electron chi connectivity index (χ3n) is 3.59. The van der Waals surface area contributed by atoms with E-state index in [-0.39, 0.29) is 11.7 Å². The first-order valence-corrected chi connectivity index (χ1v) is 7.67. The van der Waals surface area contributed by atoms with Crippen LogP contribution in [0.25, 0.3) is 0 Å². The molecule has 0 radical (unpaired) electrons. The van der Waals surface area contributed by atoms with Crippen molar-refractivity contribution in [3.8, 4) is 0 Å². The third kappa shape index (κ3) is 4.16. The monoisotopic (exact) mass is 311 g/mol. The molecule has 5 nitrogen and oxygen atoms in total. The van der Waals surface area contributed by atoms with Crippen LogP contribution < -0.4 is 5.32 Å². The largest absolute Gasteiger partial charge is 0.354 e. The average molecular weight is 311 g/mol. The summed E-state index contributed by atoms with van der Waals surface area (Å²) in [5, 5.41) is 3.18. The van der Waals surface area contributed by atoms with E-state index in [4.69, 9.17) is 0 Å². The Hall–Kier alpha value is -2.69. The van der Waals surface area contributed by atoms with Crippen molar-refractivity contribution in [3.63, 3.8) is 0 Å². The highest BCUT2D eigenvalue weighted by Gasteiger charge is 2.13. The van der Waals surface area contributed by atoms with Gasteiger partial charge in [0.15, 0.2) is 5.78 Å². The lowest BCUT2D eigenvalue weighted by atomic mass is 10.1. The van der Waals surface area contributed by atoms with Crippen molar-refractivity contribution in [2.24, 2.45) is 0 Å². The number of carbonyl (C=O) groups is 2. The Morgan fingerprint density at radius 1 is 1.04 bits per heavy atom. The van der Waals surface area contributed by atoms with E-state index in [1.165, 1.54) is 6.92 Å². The van der Waals surface area contributed by atoms with E-state index in [0.717, 1.165) is 5.69 Å². The predicted molar refractivity (Wildman–Crippen MR) is 91.2 cm³/mol. The Morgan fingerprint density at radius 3 is 2.39 bits per heavy atom. The normalized spacial score (nSPS) is 10.2. The maximum Gasteiger partial charge on any atom is 0.255 e. The summed E-state index contributed by atoms with van der Waals surface area (Å²) < 4.78 is 0. The molecular weight excluding hydrogens is 290 g/mol. The predicted octanol–water partition coefficient (Wildman–Crippen LogP) is 3.51. The highest BCUT2D eigenvalue weighted by Crippen LogP contribution is 2.19. The molecule has 0 atom stereocenters. The number of anilines is 2. The minimum Gasteiger partial charge on any atom is -0.354 e. The first-order chi connectivity index (χ1) is 11.0. The molecule has 0 aliphatic carbocycles.